The van der Waals surface area contributed by atoms with E-state index in [0.29, 0.717) is 18.4 Å². The van der Waals surface area contributed by atoms with Gasteiger partial charge in [-0.3, -0.25) is 14.9 Å². The van der Waals surface area contributed by atoms with E-state index in [1.165, 1.54) is 19.1 Å². The summed E-state index contributed by atoms with van der Waals surface area (Å²) in [5, 5.41) is 20.1. The second-order valence-electron chi connectivity index (χ2n) is 5.17. The Morgan fingerprint density at radius 2 is 2.09 bits per heavy atom. The molecule has 0 radical (unpaired) electrons. The van der Waals surface area contributed by atoms with E-state index in [4.69, 9.17) is 0 Å². The zero-order valence-electron chi connectivity index (χ0n) is 11.9. The molecule has 1 aliphatic heterocycles. The SMILES string of the molecule is Cc1ccc([N+](=O)[O-])cc1S(=O)(=O)N1CCCC[C@@H]1C(=O)O. The number of rotatable bonds is 4. The van der Waals surface area contributed by atoms with Gasteiger partial charge in [-0.05, 0) is 31.7 Å². The first kappa shape index (κ1) is 16.4. The molecular formula is C13H16N2O6S. The maximum atomic E-state index is 12.7. The van der Waals surface area contributed by atoms with E-state index in [2.05, 4.69) is 0 Å². The number of carbonyl (C=O) groups is 1. The van der Waals surface area contributed by atoms with Gasteiger partial charge in [0.05, 0.1) is 9.82 Å². The zero-order chi connectivity index (χ0) is 16.5. The fraction of sp³-hybridized carbons (Fsp3) is 0.462. The Morgan fingerprint density at radius 3 is 2.68 bits per heavy atom. The minimum Gasteiger partial charge on any atom is -0.480 e. The van der Waals surface area contributed by atoms with Gasteiger partial charge in [-0.2, -0.15) is 4.31 Å². The molecule has 0 saturated carbocycles. The van der Waals surface area contributed by atoms with E-state index in [0.717, 1.165) is 10.4 Å². The average Bonchev–Trinajstić information content (AvgIpc) is 2.47. The molecule has 1 aromatic rings. The third-order valence-electron chi connectivity index (χ3n) is 3.71. The molecule has 0 aliphatic carbocycles. The van der Waals surface area contributed by atoms with Crippen LogP contribution in [0.4, 0.5) is 5.69 Å². The van der Waals surface area contributed by atoms with Crippen molar-refractivity contribution in [1.29, 1.82) is 0 Å². The molecule has 22 heavy (non-hydrogen) atoms. The van der Waals surface area contributed by atoms with Crippen molar-refractivity contribution in [3.05, 3.63) is 33.9 Å². The van der Waals surface area contributed by atoms with E-state index in [9.17, 15) is 28.4 Å². The molecule has 0 spiro atoms. The van der Waals surface area contributed by atoms with Gasteiger partial charge in [0.1, 0.15) is 6.04 Å². The summed E-state index contributed by atoms with van der Waals surface area (Å²) in [7, 11) is -4.09. The lowest BCUT2D eigenvalue weighted by molar-refractivity contribution is -0.385. The van der Waals surface area contributed by atoms with Crippen molar-refractivity contribution in [3.63, 3.8) is 0 Å². The van der Waals surface area contributed by atoms with E-state index < -0.39 is 27.0 Å². The quantitative estimate of drug-likeness (QED) is 0.661. The van der Waals surface area contributed by atoms with E-state index in [-0.39, 0.29) is 23.5 Å². The minimum atomic E-state index is -4.09. The Bertz CT molecular complexity index is 715. The lowest BCUT2D eigenvalue weighted by Gasteiger charge is -2.32. The van der Waals surface area contributed by atoms with Crippen LogP contribution in [0.3, 0.4) is 0 Å². The predicted molar refractivity (Wildman–Crippen MR) is 77.0 cm³/mol. The molecule has 1 N–H and O–H groups in total. The Hall–Kier alpha value is -2.00. The molecule has 0 unspecified atom stereocenters. The summed E-state index contributed by atoms with van der Waals surface area (Å²) in [5.41, 5.74) is 0.00775. The number of carboxylic acid groups (broad SMARTS) is 1. The van der Waals surface area contributed by atoms with Crippen LogP contribution in [-0.4, -0.2) is 41.3 Å². The first-order valence-corrected chi connectivity index (χ1v) is 8.19. The molecule has 0 amide bonds. The summed E-state index contributed by atoms with van der Waals surface area (Å²) < 4.78 is 26.4. The monoisotopic (exact) mass is 328 g/mol. The molecule has 9 heteroatoms. The summed E-state index contributed by atoms with van der Waals surface area (Å²) in [5.74, 6) is -1.20. The Balaban J connectivity index is 2.51. The van der Waals surface area contributed by atoms with Crippen LogP contribution in [0.15, 0.2) is 23.1 Å². The van der Waals surface area contributed by atoms with Gasteiger partial charge in [0.15, 0.2) is 0 Å². The second-order valence-corrected chi connectivity index (χ2v) is 7.03. The maximum Gasteiger partial charge on any atom is 0.322 e. The third kappa shape index (κ3) is 2.95. The number of benzene rings is 1. The number of carboxylic acids is 1. The number of nitro benzene ring substituents is 1. The van der Waals surface area contributed by atoms with Gasteiger partial charge < -0.3 is 5.11 Å². The van der Waals surface area contributed by atoms with Crippen LogP contribution in [0.1, 0.15) is 24.8 Å². The van der Waals surface area contributed by atoms with Crippen LogP contribution in [-0.2, 0) is 14.8 Å². The van der Waals surface area contributed by atoms with Crippen molar-refractivity contribution < 1.29 is 23.2 Å². The molecule has 8 nitrogen and oxygen atoms in total. The van der Waals surface area contributed by atoms with Crippen molar-refractivity contribution in [2.45, 2.75) is 37.1 Å². The molecule has 1 aliphatic rings. The molecule has 0 bridgehead atoms. The zero-order valence-corrected chi connectivity index (χ0v) is 12.7. The number of nitrogens with zero attached hydrogens (tertiary/aromatic N) is 2. The van der Waals surface area contributed by atoms with E-state index in [1.54, 1.807) is 0 Å². The normalized spacial score (nSPS) is 19.8. The summed E-state index contributed by atoms with van der Waals surface area (Å²) in [4.78, 5) is 21.2. The topological polar surface area (TPSA) is 118 Å². The minimum absolute atomic E-state index is 0.0986. The van der Waals surface area contributed by atoms with Gasteiger partial charge in [-0.15, -0.1) is 0 Å². The van der Waals surface area contributed by atoms with Gasteiger partial charge in [0.25, 0.3) is 5.69 Å². The van der Waals surface area contributed by atoms with E-state index in [1.807, 2.05) is 0 Å². The fourth-order valence-electron chi connectivity index (χ4n) is 2.55. The first-order valence-electron chi connectivity index (χ1n) is 6.75. The summed E-state index contributed by atoms with van der Waals surface area (Å²) in [6, 6.07) is 2.43. The number of sulfonamides is 1. The molecule has 1 fully saturated rings. The van der Waals surface area contributed by atoms with Gasteiger partial charge in [0, 0.05) is 18.7 Å². The fourth-order valence-corrected chi connectivity index (χ4v) is 4.44. The highest BCUT2D eigenvalue weighted by molar-refractivity contribution is 7.89. The number of hydrogen-bond donors (Lipinski definition) is 1. The van der Waals surface area contributed by atoms with Gasteiger partial charge >= 0.3 is 5.97 Å². The molecule has 1 aromatic carbocycles. The largest absolute Gasteiger partial charge is 0.480 e. The first-order chi connectivity index (χ1) is 10.2. The maximum absolute atomic E-state index is 12.7. The van der Waals surface area contributed by atoms with Gasteiger partial charge in [-0.1, -0.05) is 6.07 Å². The molecule has 1 saturated heterocycles. The van der Waals surface area contributed by atoms with Crippen LogP contribution in [0, 0.1) is 17.0 Å². The Labute approximate surface area is 127 Å². The molecule has 1 heterocycles. The molecular weight excluding hydrogens is 312 g/mol. The van der Waals surface area contributed by atoms with Crippen LogP contribution < -0.4 is 0 Å². The van der Waals surface area contributed by atoms with Crippen molar-refractivity contribution in [3.8, 4) is 0 Å². The number of aliphatic carboxylic acids is 1. The van der Waals surface area contributed by atoms with Crippen molar-refractivity contribution in [1.82, 2.24) is 4.31 Å². The average molecular weight is 328 g/mol. The predicted octanol–water partition coefficient (Wildman–Crippen LogP) is 1.53. The summed E-state index contributed by atoms with van der Waals surface area (Å²) in [6.07, 6.45) is 1.44. The lowest BCUT2D eigenvalue weighted by Crippen LogP contribution is -2.47. The Morgan fingerprint density at radius 1 is 1.41 bits per heavy atom. The van der Waals surface area contributed by atoms with Crippen molar-refractivity contribution >= 4 is 21.7 Å². The number of aryl methyl sites for hydroxylation is 1. The van der Waals surface area contributed by atoms with Crippen molar-refractivity contribution in [2.75, 3.05) is 6.54 Å². The molecule has 2 rings (SSSR count). The second kappa shape index (κ2) is 6.01. The lowest BCUT2D eigenvalue weighted by atomic mass is 10.1. The van der Waals surface area contributed by atoms with Gasteiger partial charge in [0.2, 0.25) is 10.0 Å². The highest BCUT2D eigenvalue weighted by Gasteiger charge is 2.38. The van der Waals surface area contributed by atoms with Crippen molar-refractivity contribution in [2.24, 2.45) is 0 Å². The molecule has 0 aromatic heterocycles. The standard InChI is InChI=1S/C13H16N2O6S/c1-9-5-6-10(15(18)19)8-12(9)22(20,21)14-7-3-2-4-11(14)13(16)17/h5-6,8,11H,2-4,7H2,1H3,(H,16,17)/t11-/m1/s1. The smallest absolute Gasteiger partial charge is 0.322 e. The Kier molecular flexibility index (Phi) is 4.47. The van der Waals surface area contributed by atoms with Crippen LogP contribution in [0.2, 0.25) is 0 Å². The summed E-state index contributed by atoms with van der Waals surface area (Å²) >= 11 is 0. The number of piperidine rings is 1. The van der Waals surface area contributed by atoms with Crippen LogP contribution in [0.5, 0.6) is 0 Å². The molecule has 1 atom stereocenters. The summed E-state index contributed by atoms with van der Waals surface area (Å²) in [6.45, 7) is 1.62. The highest BCUT2D eigenvalue weighted by atomic mass is 32.2. The number of hydrogen-bond acceptors (Lipinski definition) is 5. The van der Waals surface area contributed by atoms with Gasteiger partial charge in [-0.25, -0.2) is 8.42 Å². The highest BCUT2D eigenvalue weighted by Crippen LogP contribution is 2.29. The van der Waals surface area contributed by atoms with Crippen LogP contribution >= 0.6 is 0 Å². The third-order valence-corrected chi connectivity index (χ3v) is 5.76. The number of nitro groups is 1. The van der Waals surface area contributed by atoms with E-state index >= 15 is 0 Å². The van der Waals surface area contributed by atoms with Crippen LogP contribution in [0.25, 0.3) is 0 Å². The molecule has 120 valence electrons. The number of non-ortho nitro benzene ring substituents is 1.